The highest BCUT2D eigenvalue weighted by Gasteiger charge is 2.23. The molecule has 132 valence electrons. The molecule has 0 amide bonds. The average molecular weight is 385 g/mol. The van der Waals surface area contributed by atoms with Crippen LogP contribution in [0.5, 0.6) is 5.88 Å². The summed E-state index contributed by atoms with van der Waals surface area (Å²) >= 11 is 7.45. The molecule has 3 aromatic rings. The molecule has 5 nitrogen and oxygen atoms in total. The number of aromatic nitrogens is 3. The minimum Gasteiger partial charge on any atom is -0.452 e. The second-order valence-electron chi connectivity index (χ2n) is 5.87. The van der Waals surface area contributed by atoms with Crippen LogP contribution in [0.1, 0.15) is 18.9 Å². The fraction of sp³-hybridized carbons (Fsp3) is 0.211. The Kier molecular flexibility index (Phi) is 4.95. The van der Waals surface area contributed by atoms with Crippen LogP contribution in [0.15, 0.2) is 53.7 Å². The van der Waals surface area contributed by atoms with Crippen molar-refractivity contribution < 1.29 is 4.74 Å². The van der Waals surface area contributed by atoms with Gasteiger partial charge in [-0.3, -0.25) is 0 Å². The van der Waals surface area contributed by atoms with Crippen LogP contribution >= 0.6 is 23.4 Å². The van der Waals surface area contributed by atoms with E-state index in [2.05, 4.69) is 27.4 Å². The van der Waals surface area contributed by atoms with Gasteiger partial charge in [-0.05, 0) is 23.8 Å². The van der Waals surface area contributed by atoms with Crippen LogP contribution in [-0.4, -0.2) is 21.4 Å². The number of hydrogen-bond acceptors (Lipinski definition) is 6. The molecule has 2 heterocycles. The first-order chi connectivity index (χ1) is 12.7. The molecule has 1 atom stereocenters. The normalized spacial score (nSPS) is 15.2. The maximum Gasteiger partial charge on any atom is 0.247 e. The van der Waals surface area contributed by atoms with Crippen LogP contribution in [0.2, 0.25) is 5.02 Å². The highest BCUT2D eigenvalue weighted by Crippen LogP contribution is 2.36. The Balaban J connectivity index is 1.61. The zero-order valence-corrected chi connectivity index (χ0v) is 15.7. The van der Waals surface area contributed by atoms with Gasteiger partial charge in [-0.2, -0.15) is 4.98 Å². The SMILES string of the molecule is CC[C@@H]1Nc2ccccc2-c2nnc(SCc3ccc(Cl)cc3)nc2O1. The summed E-state index contributed by atoms with van der Waals surface area (Å²) in [6.07, 6.45) is 0.661. The molecule has 26 heavy (non-hydrogen) atoms. The summed E-state index contributed by atoms with van der Waals surface area (Å²) < 4.78 is 6.04. The Morgan fingerprint density at radius 3 is 2.73 bits per heavy atom. The van der Waals surface area contributed by atoms with Crippen molar-refractivity contribution in [3.8, 4) is 17.1 Å². The minimum absolute atomic E-state index is 0.150. The first-order valence-corrected chi connectivity index (χ1v) is 9.74. The van der Waals surface area contributed by atoms with E-state index in [0.29, 0.717) is 16.7 Å². The molecule has 1 aliphatic rings. The highest BCUT2D eigenvalue weighted by atomic mass is 35.5. The second-order valence-corrected chi connectivity index (χ2v) is 7.25. The Bertz CT molecular complexity index is 920. The molecular weight excluding hydrogens is 368 g/mol. The average Bonchev–Trinajstić information content (AvgIpc) is 2.83. The van der Waals surface area contributed by atoms with E-state index in [4.69, 9.17) is 16.3 Å². The quantitative estimate of drug-likeness (QED) is 0.637. The maximum atomic E-state index is 6.04. The van der Waals surface area contributed by atoms with Crippen molar-refractivity contribution in [2.24, 2.45) is 0 Å². The Hall–Kier alpha value is -2.31. The fourth-order valence-corrected chi connectivity index (χ4v) is 3.54. The van der Waals surface area contributed by atoms with E-state index >= 15 is 0 Å². The van der Waals surface area contributed by atoms with Gasteiger partial charge in [0.1, 0.15) is 0 Å². The van der Waals surface area contributed by atoms with Gasteiger partial charge in [-0.15, -0.1) is 10.2 Å². The zero-order valence-electron chi connectivity index (χ0n) is 14.1. The van der Waals surface area contributed by atoms with Gasteiger partial charge in [0.2, 0.25) is 11.0 Å². The van der Waals surface area contributed by atoms with Gasteiger partial charge >= 0.3 is 0 Å². The van der Waals surface area contributed by atoms with E-state index in [0.717, 1.165) is 34.0 Å². The van der Waals surface area contributed by atoms with Gasteiger partial charge in [-0.1, -0.05) is 60.6 Å². The van der Waals surface area contributed by atoms with Gasteiger partial charge in [0.25, 0.3) is 0 Å². The molecule has 0 radical (unpaired) electrons. The third kappa shape index (κ3) is 3.61. The Labute approximate surface area is 161 Å². The van der Waals surface area contributed by atoms with Crippen molar-refractivity contribution in [1.29, 1.82) is 0 Å². The third-order valence-corrected chi connectivity index (χ3v) is 5.20. The van der Waals surface area contributed by atoms with E-state index in [-0.39, 0.29) is 6.23 Å². The highest BCUT2D eigenvalue weighted by molar-refractivity contribution is 7.98. The predicted molar refractivity (Wildman–Crippen MR) is 105 cm³/mol. The lowest BCUT2D eigenvalue weighted by Gasteiger charge is -2.16. The van der Waals surface area contributed by atoms with Crippen LogP contribution in [0.4, 0.5) is 5.69 Å². The molecule has 0 bridgehead atoms. The summed E-state index contributed by atoms with van der Waals surface area (Å²) in [5.41, 5.74) is 3.75. The van der Waals surface area contributed by atoms with E-state index in [1.54, 1.807) is 0 Å². The molecule has 4 rings (SSSR count). The third-order valence-electron chi connectivity index (χ3n) is 4.04. The lowest BCUT2D eigenvalue weighted by Crippen LogP contribution is -2.24. The van der Waals surface area contributed by atoms with Crippen molar-refractivity contribution in [2.75, 3.05) is 5.32 Å². The molecule has 0 fully saturated rings. The predicted octanol–water partition coefficient (Wildman–Crippen LogP) is 5.02. The van der Waals surface area contributed by atoms with Gasteiger partial charge in [-0.25, -0.2) is 0 Å². The number of anilines is 1. The topological polar surface area (TPSA) is 59.9 Å². The molecule has 2 aromatic carbocycles. The molecule has 0 unspecified atom stereocenters. The maximum absolute atomic E-state index is 6.04. The number of nitrogens with zero attached hydrogens (tertiary/aromatic N) is 3. The largest absolute Gasteiger partial charge is 0.452 e. The van der Waals surface area contributed by atoms with E-state index in [1.807, 2.05) is 48.5 Å². The van der Waals surface area contributed by atoms with Crippen molar-refractivity contribution in [2.45, 2.75) is 30.5 Å². The smallest absolute Gasteiger partial charge is 0.247 e. The lowest BCUT2D eigenvalue weighted by atomic mass is 10.1. The monoisotopic (exact) mass is 384 g/mol. The molecule has 1 aromatic heterocycles. The number of hydrogen-bond donors (Lipinski definition) is 1. The van der Waals surface area contributed by atoms with Gasteiger partial charge in [0.15, 0.2) is 11.9 Å². The van der Waals surface area contributed by atoms with Crippen LogP contribution in [0, 0.1) is 0 Å². The second kappa shape index (κ2) is 7.51. The molecule has 1 aliphatic heterocycles. The molecule has 1 N–H and O–H groups in total. The minimum atomic E-state index is -0.150. The number of nitrogens with one attached hydrogen (secondary N) is 1. The molecule has 0 spiro atoms. The number of fused-ring (bicyclic) bond motifs is 3. The number of ether oxygens (including phenoxy) is 1. The van der Waals surface area contributed by atoms with Crippen LogP contribution in [0.25, 0.3) is 11.3 Å². The first kappa shape index (κ1) is 17.1. The zero-order chi connectivity index (χ0) is 17.9. The number of thioether (sulfide) groups is 1. The van der Waals surface area contributed by atoms with E-state index in [1.165, 1.54) is 11.8 Å². The van der Waals surface area contributed by atoms with E-state index < -0.39 is 0 Å². The summed E-state index contributed by atoms with van der Waals surface area (Å²) in [5.74, 6) is 1.26. The number of rotatable bonds is 4. The summed E-state index contributed by atoms with van der Waals surface area (Å²) in [6.45, 7) is 2.07. The first-order valence-electron chi connectivity index (χ1n) is 8.37. The molecule has 0 saturated heterocycles. The summed E-state index contributed by atoms with van der Waals surface area (Å²) in [5, 5.41) is 13.4. The van der Waals surface area contributed by atoms with Crippen molar-refractivity contribution in [1.82, 2.24) is 15.2 Å². The number of para-hydroxylation sites is 1. The number of benzene rings is 2. The van der Waals surface area contributed by atoms with E-state index in [9.17, 15) is 0 Å². The van der Waals surface area contributed by atoms with Crippen LogP contribution in [-0.2, 0) is 5.75 Å². The summed E-state index contributed by atoms with van der Waals surface area (Å²) in [4.78, 5) is 4.60. The standard InChI is InChI=1S/C19H17ClN4OS/c1-2-16-21-15-6-4-3-5-14(15)17-18(25-16)22-19(24-23-17)26-11-12-7-9-13(20)10-8-12/h3-10,16,21H,2,11H2,1H3/t16-/m1/s1. The van der Waals surface area contributed by atoms with Crippen LogP contribution < -0.4 is 10.1 Å². The van der Waals surface area contributed by atoms with Crippen molar-refractivity contribution >= 4 is 29.1 Å². The molecule has 0 saturated carbocycles. The van der Waals surface area contributed by atoms with Crippen LogP contribution in [0.3, 0.4) is 0 Å². The van der Waals surface area contributed by atoms with Gasteiger partial charge in [0.05, 0.1) is 0 Å². The molecular formula is C19H17ClN4OS. The molecule has 7 heteroatoms. The lowest BCUT2D eigenvalue weighted by molar-refractivity contribution is 0.216. The van der Waals surface area contributed by atoms with Gasteiger partial charge < -0.3 is 10.1 Å². The van der Waals surface area contributed by atoms with Crippen molar-refractivity contribution in [3.05, 3.63) is 59.1 Å². The molecule has 0 aliphatic carbocycles. The Morgan fingerprint density at radius 1 is 1.12 bits per heavy atom. The number of halogens is 1. The summed E-state index contributed by atoms with van der Waals surface area (Å²) in [7, 11) is 0. The van der Waals surface area contributed by atoms with Gasteiger partial charge in [0, 0.05) is 28.4 Å². The summed E-state index contributed by atoms with van der Waals surface area (Å²) in [6, 6.07) is 15.7. The van der Waals surface area contributed by atoms with Crippen molar-refractivity contribution in [3.63, 3.8) is 0 Å². The fourth-order valence-electron chi connectivity index (χ4n) is 2.68. The Morgan fingerprint density at radius 2 is 1.92 bits per heavy atom.